The predicted molar refractivity (Wildman–Crippen MR) is 75.7 cm³/mol. The zero-order valence-corrected chi connectivity index (χ0v) is 12.5. The molecule has 21 heavy (non-hydrogen) atoms. The van der Waals surface area contributed by atoms with Crippen molar-refractivity contribution in [3.05, 3.63) is 34.9 Å². The second-order valence-electron chi connectivity index (χ2n) is 4.55. The summed E-state index contributed by atoms with van der Waals surface area (Å²) in [7, 11) is -3.97. The minimum Gasteiger partial charge on any atom is -0.396 e. The number of nitrogens with zero attached hydrogens (tertiary/aromatic N) is 3. The van der Waals surface area contributed by atoms with Gasteiger partial charge in [-0.25, -0.2) is 22.5 Å². The van der Waals surface area contributed by atoms with Gasteiger partial charge in [0.05, 0.1) is 22.0 Å². The summed E-state index contributed by atoms with van der Waals surface area (Å²) in [5.74, 6) is -0.823. The highest BCUT2D eigenvalue weighted by Gasteiger charge is 2.20. The van der Waals surface area contributed by atoms with Crippen LogP contribution in [-0.2, 0) is 10.0 Å². The molecule has 0 amide bonds. The summed E-state index contributed by atoms with van der Waals surface area (Å²) >= 11 is 0. The Labute approximate surface area is 121 Å². The van der Waals surface area contributed by atoms with Gasteiger partial charge in [0, 0.05) is 0 Å². The van der Waals surface area contributed by atoms with Gasteiger partial charge in [-0.1, -0.05) is 0 Å². The number of nitrogens with two attached hydrogens (primary N) is 1. The van der Waals surface area contributed by atoms with Gasteiger partial charge in [0.15, 0.2) is 0 Å². The van der Waals surface area contributed by atoms with Crippen molar-refractivity contribution >= 4 is 21.7 Å². The molecule has 9 heteroatoms. The molecule has 3 N–H and O–H groups in total. The summed E-state index contributed by atoms with van der Waals surface area (Å²) in [6.07, 6.45) is 0. The van der Waals surface area contributed by atoms with Crippen LogP contribution in [0.4, 0.5) is 16.0 Å². The minimum atomic E-state index is -3.97. The molecule has 1 aromatic heterocycles. The monoisotopic (exact) mass is 311 g/mol. The van der Waals surface area contributed by atoms with Crippen LogP contribution in [0.15, 0.2) is 17.0 Å². The number of rotatable bonds is 3. The maximum absolute atomic E-state index is 13.3. The van der Waals surface area contributed by atoms with Crippen LogP contribution in [0, 0.1) is 26.6 Å². The molecule has 0 saturated carbocycles. The fourth-order valence-electron chi connectivity index (χ4n) is 1.63. The first-order chi connectivity index (χ1) is 9.70. The molecule has 0 aliphatic heterocycles. The van der Waals surface area contributed by atoms with Crippen molar-refractivity contribution in [1.82, 2.24) is 15.2 Å². The Morgan fingerprint density at radius 2 is 1.81 bits per heavy atom. The third kappa shape index (κ3) is 3.07. The summed E-state index contributed by atoms with van der Waals surface area (Å²) < 4.78 is 40.1. The summed E-state index contributed by atoms with van der Waals surface area (Å²) in [5.41, 5.74) is 6.54. The lowest BCUT2D eigenvalue weighted by atomic mass is 10.2. The Balaban J connectivity index is 2.43. The van der Waals surface area contributed by atoms with Gasteiger partial charge >= 0.3 is 0 Å². The predicted octanol–water partition coefficient (Wildman–Crippen LogP) is 1.32. The van der Waals surface area contributed by atoms with Crippen LogP contribution >= 0.6 is 0 Å². The zero-order chi connectivity index (χ0) is 15.8. The summed E-state index contributed by atoms with van der Waals surface area (Å²) in [6, 6.07) is 2.12. The van der Waals surface area contributed by atoms with Crippen LogP contribution in [0.5, 0.6) is 0 Å². The lowest BCUT2D eigenvalue weighted by Gasteiger charge is -2.10. The Kier molecular flexibility index (Phi) is 3.77. The molecule has 2 aromatic rings. The molecular formula is C12H14FN5O2S. The van der Waals surface area contributed by atoms with Crippen LogP contribution in [-0.4, -0.2) is 23.6 Å². The largest absolute Gasteiger partial charge is 0.396 e. The number of aromatic nitrogens is 3. The van der Waals surface area contributed by atoms with Crippen molar-refractivity contribution in [3.8, 4) is 0 Å². The third-order valence-electron chi connectivity index (χ3n) is 2.90. The summed E-state index contributed by atoms with van der Waals surface area (Å²) in [4.78, 5) is 3.85. The van der Waals surface area contributed by atoms with E-state index in [0.717, 1.165) is 12.1 Å². The van der Waals surface area contributed by atoms with E-state index in [-0.39, 0.29) is 22.1 Å². The van der Waals surface area contributed by atoms with Crippen LogP contribution < -0.4 is 10.5 Å². The van der Waals surface area contributed by atoms with Crippen molar-refractivity contribution in [2.24, 2.45) is 0 Å². The molecule has 0 unspecified atom stereocenters. The molecule has 0 aliphatic rings. The van der Waals surface area contributed by atoms with Gasteiger partial charge in [0.25, 0.3) is 16.0 Å². The van der Waals surface area contributed by atoms with E-state index in [4.69, 9.17) is 5.73 Å². The van der Waals surface area contributed by atoms with Gasteiger partial charge in [-0.3, -0.25) is 0 Å². The summed E-state index contributed by atoms with van der Waals surface area (Å²) in [5, 5.41) is 7.45. The van der Waals surface area contributed by atoms with Gasteiger partial charge in [-0.2, -0.15) is 5.10 Å². The molecule has 7 nitrogen and oxygen atoms in total. The average molecular weight is 311 g/mol. The van der Waals surface area contributed by atoms with E-state index >= 15 is 0 Å². The molecule has 0 radical (unpaired) electrons. The van der Waals surface area contributed by atoms with Crippen molar-refractivity contribution < 1.29 is 12.8 Å². The first-order valence-electron chi connectivity index (χ1n) is 5.97. The molecule has 0 spiro atoms. The number of aryl methyl sites for hydroxylation is 3. The van der Waals surface area contributed by atoms with Crippen LogP contribution in [0.2, 0.25) is 0 Å². The maximum atomic E-state index is 13.3. The Morgan fingerprint density at radius 3 is 2.43 bits per heavy atom. The Morgan fingerprint density at radius 1 is 1.14 bits per heavy atom. The van der Waals surface area contributed by atoms with Gasteiger partial charge in [-0.05, 0) is 38.5 Å². The van der Waals surface area contributed by atoms with E-state index in [0.29, 0.717) is 11.4 Å². The Hall–Kier alpha value is -2.29. The van der Waals surface area contributed by atoms with Crippen molar-refractivity contribution in [1.29, 1.82) is 0 Å². The first kappa shape index (κ1) is 15.1. The second-order valence-corrected chi connectivity index (χ2v) is 6.20. The number of sulfonamides is 1. The number of hydrogen-bond acceptors (Lipinski definition) is 6. The van der Waals surface area contributed by atoms with Gasteiger partial charge in [0.2, 0.25) is 0 Å². The molecule has 0 bridgehead atoms. The van der Waals surface area contributed by atoms with Gasteiger partial charge in [-0.15, -0.1) is 5.10 Å². The number of benzene rings is 1. The molecule has 112 valence electrons. The molecule has 1 aromatic carbocycles. The van der Waals surface area contributed by atoms with E-state index < -0.39 is 15.8 Å². The van der Waals surface area contributed by atoms with Crippen LogP contribution in [0.1, 0.15) is 17.0 Å². The van der Waals surface area contributed by atoms with E-state index in [2.05, 4.69) is 19.9 Å². The molecule has 0 atom stereocenters. The molecule has 0 fully saturated rings. The lowest BCUT2D eigenvalue weighted by molar-refractivity contribution is 0.598. The van der Waals surface area contributed by atoms with Gasteiger partial charge in [0.1, 0.15) is 5.82 Å². The first-order valence-corrected chi connectivity index (χ1v) is 7.45. The van der Waals surface area contributed by atoms with E-state index in [1.165, 1.54) is 6.92 Å². The Bertz CT molecular complexity index is 808. The maximum Gasteiger partial charge on any atom is 0.264 e. The zero-order valence-electron chi connectivity index (χ0n) is 11.7. The highest BCUT2D eigenvalue weighted by Crippen LogP contribution is 2.23. The van der Waals surface area contributed by atoms with Crippen molar-refractivity contribution in [3.63, 3.8) is 0 Å². The number of nitrogens with one attached hydrogen (secondary N) is 1. The van der Waals surface area contributed by atoms with Gasteiger partial charge < -0.3 is 5.73 Å². The lowest BCUT2D eigenvalue weighted by Crippen LogP contribution is -2.18. The fraction of sp³-hybridized carbons (Fsp3) is 0.250. The van der Waals surface area contributed by atoms with Crippen molar-refractivity contribution in [2.75, 3.05) is 10.5 Å². The average Bonchev–Trinajstić information content (AvgIpc) is 2.37. The van der Waals surface area contributed by atoms with E-state index in [9.17, 15) is 12.8 Å². The van der Waals surface area contributed by atoms with E-state index in [1.54, 1.807) is 13.8 Å². The number of hydrogen-bond donors (Lipinski definition) is 2. The molecule has 0 aliphatic carbocycles. The highest BCUT2D eigenvalue weighted by atomic mass is 32.2. The quantitative estimate of drug-likeness (QED) is 0.827. The second kappa shape index (κ2) is 5.24. The smallest absolute Gasteiger partial charge is 0.264 e. The van der Waals surface area contributed by atoms with E-state index in [1.807, 2.05) is 0 Å². The highest BCUT2D eigenvalue weighted by molar-refractivity contribution is 7.92. The SMILES string of the molecule is Cc1cc(F)c(N)cc1S(=O)(=O)Nc1nnc(C)c(C)n1. The van der Waals surface area contributed by atoms with Crippen LogP contribution in [0.3, 0.4) is 0 Å². The number of nitrogen functional groups attached to an aromatic ring is 1. The molecule has 2 rings (SSSR count). The fourth-order valence-corrected chi connectivity index (χ4v) is 2.84. The summed E-state index contributed by atoms with van der Waals surface area (Å²) in [6.45, 7) is 4.86. The standard InChI is InChI=1S/C12H14FN5O2S/c1-6-4-9(13)10(14)5-11(6)21(19,20)18-12-15-7(2)8(3)16-17-12/h4-5H,14H2,1-3H3,(H,15,17,18). The van der Waals surface area contributed by atoms with Crippen molar-refractivity contribution in [2.45, 2.75) is 25.7 Å². The normalized spacial score (nSPS) is 11.4. The van der Waals surface area contributed by atoms with Crippen LogP contribution in [0.25, 0.3) is 0 Å². The number of halogens is 1. The topological polar surface area (TPSA) is 111 Å². The minimum absolute atomic E-state index is 0.136. The molecule has 1 heterocycles. The molecule has 0 saturated heterocycles. The number of anilines is 2. The third-order valence-corrected chi connectivity index (χ3v) is 4.37. The molecular weight excluding hydrogens is 297 g/mol.